The smallest absolute Gasteiger partial charge is 0.457 e. The fourth-order valence-electron chi connectivity index (χ4n) is 2.58. The molecule has 0 amide bonds. The van der Waals surface area contributed by atoms with Crippen LogP contribution in [0, 0.1) is 6.57 Å². The molecule has 1 aliphatic rings. The van der Waals surface area contributed by atoms with Gasteiger partial charge in [0.1, 0.15) is 11.5 Å². The first kappa shape index (κ1) is 16.5. The third-order valence-corrected chi connectivity index (χ3v) is 3.76. The summed E-state index contributed by atoms with van der Waals surface area (Å²) in [6.07, 6.45) is 0.549. The maximum absolute atomic E-state index is 9.65. The van der Waals surface area contributed by atoms with Gasteiger partial charge in [-0.2, -0.15) is 0 Å². The standard InChI is InChI=1S/C17H16BNO5/c1-19-17-6-4-15(9-12(17)7-8-23-21-2)24-14-3-5-16-13(10-14)11-22-18(16)20/h3-6,9-10,20H,7-8,11H2,2H3. The molecule has 6 nitrogen and oxygen atoms in total. The van der Waals surface area contributed by atoms with Crippen molar-refractivity contribution in [3.8, 4) is 11.5 Å². The second-order valence-electron chi connectivity index (χ2n) is 5.27. The van der Waals surface area contributed by atoms with Gasteiger partial charge in [0.2, 0.25) is 0 Å². The topological polar surface area (TPSA) is 61.5 Å². The number of fused-ring (bicyclic) bond motifs is 1. The third kappa shape index (κ3) is 3.58. The monoisotopic (exact) mass is 325 g/mol. The van der Waals surface area contributed by atoms with Crippen LogP contribution < -0.4 is 10.2 Å². The first-order chi connectivity index (χ1) is 11.7. The molecule has 0 unspecified atom stereocenters. The van der Waals surface area contributed by atoms with E-state index in [1.54, 1.807) is 24.3 Å². The van der Waals surface area contributed by atoms with Gasteiger partial charge in [0.05, 0.1) is 26.9 Å². The minimum Gasteiger partial charge on any atom is -0.457 e. The van der Waals surface area contributed by atoms with Crippen LogP contribution in [0.15, 0.2) is 36.4 Å². The van der Waals surface area contributed by atoms with Gasteiger partial charge in [0, 0.05) is 0 Å². The molecule has 0 radical (unpaired) electrons. The Morgan fingerprint density at radius 3 is 2.83 bits per heavy atom. The summed E-state index contributed by atoms with van der Waals surface area (Å²) in [4.78, 5) is 13.0. The van der Waals surface area contributed by atoms with E-state index >= 15 is 0 Å². The van der Waals surface area contributed by atoms with Crippen molar-refractivity contribution in [3.63, 3.8) is 0 Å². The van der Waals surface area contributed by atoms with Crippen molar-refractivity contribution in [1.29, 1.82) is 0 Å². The van der Waals surface area contributed by atoms with Crippen LogP contribution in [0.3, 0.4) is 0 Å². The highest BCUT2D eigenvalue weighted by Gasteiger charge is 2.27. The number of rotatable bonds is 6. The lowest BCUT2D eigenvalue weighted by Gasteiger charge is -2.10. The van der Waals surface area contributed by atoms with Crippen LogP contribution in [-0.2, 0) is 27.5 Å². The molecule has 0 saturated heterocycles. The van der Waals surface area contributed by atoms with Gasteiger partial charge in [-0.15, -0.1) is 0 Å². The number of hydrogen-bond donors (Lipinski definition) is 1. The van der Waals surface area contributed by atoms with Crippen molar-refractivity contribution >= 4 is 18.3 Å². The van der Waals surface area contributed by atoms with E-state index in [4.69, 9.17) is 20.9 Å². The molecule has 7 heteroatoms. The molecular weight excluding hydrogens is 309 g/mol. The molecule has 122 valence electrons. The SMILES string of the molecule is [C-]#[N+]c1ccc(Oc2ccc3c(c2)COB3O)cc1CCOOC. The summed E-state index contributed by atoms with van der Waals surface area (Å²) in [5, 5.41) is 9.65. The molecule has 0 saturated carbocycles. The van der Waals surface area contributed by atoms with Crippen LogP contribution in [0.5, 0.6) is 11.5 Å². The van der Waals surface area contributed by atoms with Gasteiger partial charge in [-0.3, -0.25) is 0 Å². The van der Waals surface area contributed by atoms with E-state index in [0.29, 0.717) is 36.8 Å². The predicted octanol–water partition coefficient (Wildman–Crippen LogP) is 2.37. The largest absolute Gasteiger partial charge is 0.491 e. The van der Waals surface area contributed by atoms with Gasteiger partial charge in [-0.05, 0) is 47.3 Å². The lowest BCUT2D eigenvalue weighted by atomic mass is 9.80. The Bertz CT molecular complexity index is 774. The maximum atomic E-state index is 9.65. The van der Waals surface area contributed by atoms with Crippen molar-refractivity contribution in [2.75, 3.05) is 13.7 Å². The lowest BCUT2D eigenvalue weighted by molar-refractivity contribution is -0.271. The maximum Gasteiger partial charge on any atom is 0.491 e. The van der Waals surface area contributed by atoms with Crippen molar-refractivity contribution in [1.82, 2.24) is 0 Å². The van der Waals surface area contributed by atoms with Gasteiger partial charge in [-0.1, -0.05) is 12.1 Å². The molecule has 0 aliphatic carbocycles. The Kier molecular flexibility index (Phi) is 5.13. The molecule has 0 spiro atoms. The summed E-state index contributed by atoms with van der Waals surface area (Å²) in [6, 6.07) is 10.7. The summed E-state index contributed by atoms with van der Waals surface area (Å²) in [5.74, 6) is 1.29. The van der Waals surface area contributed by atoms with Gasteiger partial charge < -0.3 is 14.4 Å². The fraction of sp³-hybridized carbons (Fsp3) is 0.235. The Hall–Kier alpha value is -2.37. The number of hydrogen-bond acceptors (Lipinski definition) is 5. The van der Waals surface area contributed by atoms with Crippen molar-refractivity contribution < 1.29 is 24.2 Å². The average molecular weight is 325 g/mol. The number of ether oxygens (including phenoxy) is 1. The fourth-order valence-corrected chi connectivity index (χ4v) is 2.58. The zero-order valence-corrected chi connectivity index (χ0v) is 13.2. The van der Waals surface area contributed by atoms with Crippen LogP contribution in [0.2, 0.25) is 0 Å². The minimum atomic E-state index is -0.862. The molecule has 3 rings (SSSR count). The molecule has 1 N–H and O–H groups in total. The molecule has 1 heterocycles. The van der Waals surface area contributed by atoms with Gasteiger partial charge >= 0.3 is 7.12 Å². The highest BCUT2D eigenvalue weighted by atomic mass is 17.2. The van der Waals surface area contributed by atoms with Gasteiger partial charge in [-0.25, -0.2) is 14.6 Å². The first-order valence-corrected chi connectivity index (χ1v) is 7.47. The van der Waals surface area contributed by atoms with Crippen molar-refractivity contribution in [3.05, 3.63) is 58.9 Å². The summed E-state index contributed by atoms with van der Waals surface area (Å²) in [5.41, 5.74) is 3.07. The lowest BCUT2D eigenvalue weighted by Crippen LogP contribution is -2.27. The van der Waals surface area contributed by atoms with Gasteiger partial charge in [0.25, 0.3) is 0 Å². The van der Waals surface area contributed by atoms with E-state index < -0.39 is 7.12 Å². The van der Waals surface area contributed by atoms with Gasteiger partial charge in [0.15, 0.2) is 5.69 Å². The van der Waals surface area contributed by atoms with E-state index in [1.165, 1.54) is 7.11 Å². The van der Waals surface area contributed by atoms with Crippen LogP contribution >= 0.6 is 0 Å². The van der Waals surface area contributed by atoms with Crippen LogP contribution in [0.1, 0.15) is 11.1 Å². The van der Waals surface area contributed by atoms with Crippen LogP contribution in [-0.4, -0.2) is 25.9 Å². The summed E-state index contributed by atoms with van der Waals surface area (Å²) >= 11 is 0. The molecule has 24 heavy (non-hydrogen) atoms. The molecule has 0 atom stereocenters. The molecule has 1 aliphatic heterocycles. The normalized spacial score (nSPS) is 12.8. The molecule has 0 bridgehead atoms. The molecule has 2 aromatic rings. The van der Waals surface area contributed by atoms with E-state index in [-0.39, 0.29) is 0 Å². The summed E-state index contributed by atoms with van der Waals surface area (Å²) < 4.78 is 11.0. The van der Waals surface area contributed by atoms with Crippen molar-refractivity contribution in [2.45, 2.75) is 13.0 Å². The zero-order chi connectivity index (χ0) is 16.9. The highest BCUT2D eigenvalue weighted by Crippen LogP contribution is 2.29. The van der Waals surface area contributed by atoms with E-state index in [9.17, 15) is 5.02 Å². The third-order valence-electron chi connectivity index (χ3n) is 3.76. The molecule has 2 aromatic carbocycles. The average Bonchev–Trinajstić information content (AvgIpc) is 2.96. The minimum absolute atomic E-state index is 0.358. The Balaban J connectivity index is 1.78. The van der Waals surface area contributed by atoms with E-state index in [1.807, 2.05) is 12.1 Å². The molecular formula is C17H16BNO5. The Morgan fingerprint density at radius 1 is 1.25 bits per heavy atom. The highest BCUT2D eigenvalue weighted by molar-refractivity contribution is 6.61. The number of nitrogens with zero attached hydrogens (tertiary/aromatic N) is 1. The van der Waals surface area contributed by atoms with Crippen LogP contribution in [0.25, 0.3) is 4.85 Å². The molecule has 0 fully saturated rings. The quantitative estimate of drug-likeness (QED) is 0.290. The summed E-state index contributed by atoms with van der Waals surface area (Å²) in [6.45, 7) is 7.96. The zero-order valence-electron chi connectivity index (χ0n) is 13.2. The van der Waals surface area contributed by atoms with E-state index in [2.05, 4.69) is 9.73 Å². The summed E-state index contributed by atoms with van der Waals surface area (Å²) in [7, 11) is 0.587. The molecule has 0 aromatic heterocycles. The van der Waals surface area contributed by atoms with Crippen LogP contribution in [0.4, 0.5) is 5.69 Å². The Morgan fingerprint density at radius 2 is 2.04 bits per heavy atom. The first-order valence-electron chi connectivity index (χ1n) is 7.47. The van der Waals surface area contributed by atoms with Crippen molar-refractivity contribution in [2.24, 2.45) is 0 Å². The second kappa shape index (κ2) is 7.47. The predicted molar refractivity (Wildman–Crippen MR) is 88.3 cm³/mol. The van der Waals surface area contributed by atoms with E-state index in [0.717, 1.165) is 16.6 Å². The second-order valence-corrected chi connectivity index (χ2v) is 5.27. The Labute approximate surface area is 140 Å². The number of benzene rings is 2.